The molecule has 0 unspecified atom stereocenters. The summed E-state index contributed by atoms with van der Waals surface area (Å²) < 4.78 is 0. The van der Waals surface area contributed by atoms with Gasteiger partial charge in [-0.25, -0.2) is 0 Å². The van der Waals surface area contributed by atoms with Crippen molar-refractivity contribution in [3.05, 3.63) is 111 Å². The number of nitrogens with zero attached hydrogens (tertiary/aromatic N) is 1. The summed E-state index contributed by atoms with van der Waals surface area (Å²) in [5.74, 6) is 0. The second-order valence-electron chi connectivity index (χ2n) is 7.91. The third kappa shape index (κ3) is 2.82. The Hall–Kier alpha value is -3.72. The average Bonchev–Trinajstić information content (AvgIpc) is 3.13. The molecule has 3 nitrogen and oxygen atoms in total. The van der Waals surface area contributed by atoms with Crippen LogP contribution in [0.1, 0.15) is 22.3 Å². The number of nitro benzene ring substituents is 1. The Morgan fingerprint density at radius 2 is 1.50 bits per heavy atom. The number of nitro groups is 1. The van der Waals surface area contributed by atoms with Gasteiger partial charge in [-0.1, -0.05) is 60.7 Å². The lowest BCUT2D eigenvalue weighted by Gasteiger charge is -2.18. The first kappa shape index (κ1) is 18.3. The van der Waals surface area contributed by atoms with Crippen LogP contribution in [-0.4, -0.2) is 4.92 Å². The van der Waals surface area contributed by atoms with Crippen LogP contribution in [0, 0.1) is 24.0 Å². The zero-order valence-corrected chi connectivity index (χ0v) is 17.0. The molecule has 4 aromatic rings. The van der Waals surface area contributed by atoms with E-state index < -0.39 is 0 Å². The Bertz CT molecular complexity index is 1310. The maximum Gasteiger partial charge on any atom is 0.270 e. The summed E-state index contributed by atoms with van der Waals surface area (Å²) in [6, 6.07) is 26.0. The Balaban J connectivity index is 1.76. The molecule has 0 radical (unpaired) electrons. The van der Waals surface area contributed by atoms with Crippen molar-refractivity contribution in [2.45, 2.75) is 20.3 Å². The van der Waals surface area contributed by atoms with E-state index in [1.54, 1.807) is 12.1 Å². The van der Waals surface area contributed by atoms with Gasteiger partial charge in [-0.3, -0.25) is 10.1 Å². The molecule has 1 aliphatic carbocycles. The van der Waals surface area contributed by atoms with Crippen LogP contribution in [0.3, 0.4) is 0 Å². The largest absolute Gasteiger partial charge is 0.270 e. The van der Waals surface area contributed by atoms with Gasteiger partial charge in [-0.05, 0) is 82.0 Å². The summed E-state index contributed by atoms with van der Waals surface area (Å²) in [7, 11) is 0. The minimum absolute atomic E-state index is 0.112. The standard InChI is InChI=1S/C27H21NO2/c1-17-14-26-22-11-7-6-10-20(22)15-24(26)18(2)27(17)23-13-12-21(28(29)30)16-25(23)19-8-4-3-5-9-19/h3-14,16H,15H2,1-2H3. The quantitative estimate of drug-likeness (QED) is 0.243. The van der Waals surface area contributed by atoms with E-state index in [4.69, 9.17) is 0 Å². The Morgan fingerprint density at radius 3 is 2.27 bits per heavy atom. The molecule has 30 heavy (non-hydrogen) atoms. The molecular formula is C27H21NO2. The van der Waals surface area contributed by atoms with Crippen LogP contribution in [0.25, 0.3) is 33.4 Å². The number of benzene rings is 4. The number of non-ortho nitro benzene ring substituents is 1. The molecule has 0 saturated carbocycles. The Kier molecular flexibility index (Phi) is 4.25. The summed E-state index contributed by atoms with van der Waals surface area (Å²) in [4.78, 5) is 11.1. The third-order valence-electron chi connectivity index (χ3n) is 6.15. The van der Waals surface area contributed by atoms with E-state index >= 15 is 0 Å². The normalized spacial score (nSPS) is 11.8. The van der Waals surface area contributed by atoms with E-state index in [-0.39, 0.29) is 10.6 Å². The molecule has 0 spiro atoms. The van der Waals surface area contributed by atoms with Crippen LogP contribution in [0.4, 0.5) is 5.69 Å². The molecule has 4 aromatic carbocycles. The Morgan fingerprint density at radius 1 is 0.767 bits per heavy atom. The predicted molar refractivity (Wildman–Crippen MR) is 122 cm³/mol. The zero-order valence-electron chi connectivity index (χ0n) is 17.0. The van der Waals surface area contributed by atoms with Crippen molar-refractivity contribution in [1.82, 2.24) is 0 Å². The first-order valence-corrected chi connectivity index (χ1v) is 10.1. The second kappa shape index (κ2) is 6.96. The van der Waals surface area contributed by atoms with Gasteiger partial charge < -0.3 is 0 Å². The van der Waals surface area contributed by atoms with Crippen molar-refractivity contribution in [3.63, 3.8) is 0 Å². The number of fused-ring (bicyclic) bond motifs is 3. The summed E-state index contributed by atoms with van der Waals surface area (Å²) in [5, 5.41) is 11.5. The number of aryl methyl sites for hydroxylation is 1. The van der Waals surface area contributed by atoms with E-state index in [1.807, 2.05) is 36.4 Å². The van der Waals surface area contributed by atoms with Gasteiger partial charge in [0.1, 0.15) is 0 Å². The smallest absolute Gasteiger partial charge is 0.258 e. The van der Waals surface area contributed by atoms with Crippen molar-refractivity contribution in [3.8, 4) is 33.4 Å². The van der Waals surface area contributed by atoms with Crippen LogP contribution in [0.5, 0.6) is 0 Å². The Labute approximate surface area is 175 Å². The average molecular weight is 391 g/mol. The van der Waals surface area contributed by atoms with E-state index in [2.05, 4.69) is 44.2 Å². The monoisotopic (exact) mass is 391 g/mol. The van der Waals surface area contributed by atoms with Crippen molar-refractivity contribution < 1.29 is 4.92 Å². The lowest BCUT2D eigenvalue weighted by molar-refractivity contribution is -0.384. The van der Waals surface area contributed by atoms with Crippen molar-refractivity contribution in [2.75, 3.05) is 0 Å². The molecule has 0 atom stereocenters. The number of hydrogen-bond acceptors (Lipinski definition) is 2. The zero-order chi connectivity index (χ0) is 20.8. The fraction of sp³-hybridized carbons (Fsp3) is 0.111. The number of hydrogen-bond donors (Lipinski definition) is 0. The SMILES string of the molecule is Cc1cc2c(c(C)c1-c1ccc([N+](=O)[O-])cc1-c1ccccc1)Cc1ccccc1-2. The lowest BCUT2D eigenvalue weighted by Crippen LogP contribution is -1.98. The maximum absolute atomic E-state index is 11.5. The summed E-state index contributed by atoms with van der Waals surface area (Å²) >= 11 is 0. The molecule has 0 amide bonds. The van der Waals surface area contributed by atoms with Gasteiger partial charge in [0.2, 0.25) is 0 Å². The van der Waals surface area contributed by atoms with E-state index in [0.29, 0.717) is 0 Å². The van der Waals surface area contributed by atoms with Gasteiger partial charge in [0.25, 0.3) is 5.69 Å². The molecular weight excluding hydrogens is 370 g/mol. The minimum atomic E-state index is -0.324. The van der Waals surface area contributed by atoms with Gasteiger partial charge in [-0.2, -0.15) is 0 Å². The molecule has 0 N–H and O–H groups in total. The van der Waals surface area contributed by atoms with Crippen molar-refractivity contribution in [2.24, 2.45) is 0 Å². The fourth-order valence-corrected chi connectivity index (χ4v) is 4.75. The van der Waals surface area contributed by atoms with Gasteiger partial charge >= 0.3 is 0 Å². The first-order valence-electron chi connectivity index (χ1n) is 10.1. The molecule has 0 heterocycles. The highest BCUT2D eigenvalue weighted by Gasteiger charge is 2.24. The predicted octanol–water partition coefficient (Wildman–Crippen LogP) is 7.12. The second-order valence-corrected chi connectivity index (χ2v) is 7.91. The molecule has 0 fully saturated rings. The molecule has 5 rings (SSSR count). The highest BCUT2D eigenvalue weighted by atomic mass is 16.6. The van der Waals surface area contributed by atoms with Crippen LogP contribution < -0.4 is 0 Å². The lowest BCUT2D eigenvalue weighted by atomic mass is 9.85. The van der Waals surface area contributed by atoms with Crippen LogP contribution >= 0.6 is 0 Å². The van der Waals surface area contributed by atoms with Crippen molar-refractivity contribution in [1.29, 1.82) is 0 Å². The third-order valence-corrected chi connectivity index (χ3v) is 6.15. The molecule has 0 aromatic heterocycles. The first-order chi connectivity index (χ1) is 14.5. The highest BCUT2D eigenvalue weighted by molar-refractivity contribution is 5.91. The number of rotatable bonds is 3. The molecule has 3 heteroatoms. The molecule has 0 bridgehead atoms. The topological polar surface area (TPSA) is 43.1 Å². The summed E-state index contributed by atoms with van der Waals surface area (Å²) in [6.07, 6.45) is 0.929. The van der Waals surface area contributed by atoms with Gasteiger partial charge in [0.05, 0.1) is 4.92 Å². The van der Waals surface area contributed by atoms with Crippen molar-refractivity contribution >= 4 is 5.69 Å². The molecule has 0 saturated heterocycles. The van der Waals surface area contributed by atoms with E-state index in [1.165, 1.54) is 38.9 Å². The van der Waals surface area contributed by atoms with Crippen LogP contribution in [0.2, 0.25) is 0 Å². The van der Waals surface area contributed by atoms with Gasteiger partial charge in [0.15, 0.2) is 0 Å². The maximum atomic E-state index is 11.5. The van der Waals surface area contributed by atoms with Crippen LogP contribution in [0.15, 0.2) is 78.9 Å². The minimum Gasteiger partial charge on any atom is -0.258 e. The summed E-state index contributed by atoms with van der Waals surface area (Å²) in [5.41, 5.74) is 12.0. The van der Waals surface area contributed by atoms with Gasteiger partial charge in [0, 0.05) is 12.1 Å². The summed E-state index contributed by atoms with van der Waals surface area (Å²) in [6.45, 7) is 4.32. The van der Waals surface area contributed by atoms with Crippen LogP contribution in [-0.2, 0) is 6.42 Å². The molecule has 0 aliphatic heterocycles. The molecule has 146 valence electrons. The van der Waals surface area contributed by atoms with E-state index in [0.717, 1.165) is 23.1 Å². The van der Waals surface area contributed by atoms with E-state index in [9.17, 15) is 10.1 Å². The fourth-order valence-electron chi connectivity index (χ4n) is 4.75. The highest BCUT2D eigenvalue weighted by Crippen LogP contribution is 2.45. The molecule has 1 aliphatic rings. The van der Waals surface area contributed by atoms with Gasteiger partial charge in [-0.15, -0.1) is 0 Å².